The van der Waals surface area contributed by atoms with Crippen LogP contribution in [0.15, 0.2) is 24.3 Å². The van der Waals surface area contributed by atoms with Crippen LogP contribution < -0.4 is 0 Å². The van der Waals surface area contributed by atoms with Gasteiger partial charge in [-0.25, -0.2) is 0 Å². The molecule has 0 radical (unpaired) electrons. The summed E-state index contributed by atoms with van der Waals surface area (Å²) in [5.74, 6) is 0. The SMILES string of the molecule is O=C/C=C\C=C\C=O. The van der Waals surface area contributed by atoms with Gasteiger partial charge in [0.2, 0.25) is 0 Å². The van der Waals surface area contributed by atoms with E-state index in [0.29, 0.717) is 12.6 Å². The van der Waals surface area contributed by atoms with Crippen molar-refractivity contribution in [2.45, 2.75) is 0 Å². The lowest BCUT2D eigenvalue weighted by Gasteiger charge is -1.62. The molecule has 0 N–H and O–H groups in total. The first-order valence-electron chi connectivity index (χ1n) is 2.14. The monoisotopic (exact) mass is 110 g/mol. The van der Waals surface area contributed by atoms with Crippen LogP contribution in [-0.2, 0) is 9.59 Å². The zero-order chi connectivity index (χ0) is 6.24. The van der Waals surface area contributed by atoms with Crippen molar-refractivity contribution in [3.63, 3.8) is 0 Å². The van der Waals surface area contributed by atoms with Gasteiger partial charge in [-0.1, -0.05) is 12.2 Å². The molecule has 0 aliphatic heterocycles. The second-order valence-electron chi connectivity index (χ2n) is 1.04. The van der Waals surface area contributed by atoms with Gasteiger partial charge in [0.05, 0.1) is 0 Å². The first kappa shape index (κ1) is 6.82. The second-order valence-corrected chi connectivity index (χ2v) is 1.04. The summed E-state index contributed by atoms with van der Waals surface area (Å²) in [7, 11) is 0. The zero-order valence-electron chi connectivity index (χ0n) is 4.28. The lowest BCUT2D eigenvalue weighted by Crippen LogP contribution is -1.58. The van der Waals surface area contributed by atoms with E-state index in [0.717, 1.165) is 0 Å². The van der Waals surface area contributed by atoms with E-state index in [2.05, 4.69) is 0 Å². The molecule has 0 unspecified atom stereocenters. The summed E-state index contributed by atoms with van der Waals surface area (Å²) in [6.45, 7) is 0. The summed E-state index contributed by atoms with van der Waals surface area (Å²) in [5, 5.41) is 0. The number of carbonyl (C=O) groups is 2. The molecule has 42 valence electrons. The van der Waals surface area contributed by atoms with Crippen LogP contribution >= 0.6 is 0 Å². The fourth-order valence-electron chi connectivity index (χ4n) is 0.219. The van der Waals surface area contributed by atoms with Gasteiger partial charge < -0.3 is 0 Å². The maximum atomic E-state index is 9.56. The van der Waals surface area contributed by atoms with Crippen molar-refractivity contribution in [2.24, 2.45) is 0 Å². The van der Waals surface area contributed by atoms with E-state index in [1.54, 1.807) is 0 Å². The molecular weight excluding hydrogens is 104 g/mol. The van der Waals surface area contributed by atoms with Crippen molar-refractivity contribution in [3.05, 3.63) is 24.3 Å². The highest BCUT2D eigenvalue weighted by molar-refractivity contribution is 5.68. The average molecular weight is 110 g/mol. The Balaban J connectivity index is 3.41. The predicted octanol–water partition coefficient (Wildman–Crippen LogP) is 0.497. The zero-order valence-corrected chi connectivity index (χ0v) is 4.28. The summed E-state index contributed by atoms with van der Waals surface area (Å²) in [4.78, 5) is 19.1. The topological polar surface area (TPSA) is 34.1 Å². The Kier molecular flexibility index (Phi) is 4.96. The number of aldehydes is 2. The summed E-state index contributed by atoms with van der Waals surface area (Å²) < 4.78 is 0. The van der Waals surface area contributed by atoms with Gasteiger partial charge >= 0.3 is 0 Å². The van der Waals surface area contributed by atoms with Crippen molar-refractivity contribution in [1.29, 1.82) is 0 Å². The Morgan fingerprint density at radius 2 is 1.00 bits per heavy atom. The fraction of sp³-hybridized carbons (Fsp3) is 0. The van der Waals surface area contributed by atoms with E-state index in [-0.39, 0.29) is 0 Å². The van der Waals surface area contributed by atoms with Gasteiger partial charge in [-0.15, -0.1) is 0 Å². The number of allylic oxidation sites excluding steroid dienone is 4. The van der Waals surface area contributed by atoms with Gasteiger partial charge in [0.25, 0.3) is 0 Å². The van der Waals surface area contributed by atoms with E-state index < -0.39 is 0 Å². The molecular formula is C6H6O2. The van der Waals surface area contributed by atoms with E-state index in [1.807, 2.05) is 0 Å². The van der Waals surface area contributed by atoms with Crippen molar-refractivity contribution in [2.75, 3.05) is 0 Å². The Hall–Kier alpha value is -1.18. The molecule has 2 nitrogen and oxygen atoms in total. The third-order valence-corrected chi connectivity index (χ3v) is 0.490. The lowest BCUT2D eigenvalue weighted by atomic mass is 10.4. The molecule has 0 aromatic rings. The summed E-state index contributed by atoms with van der Waals surface area (Å²) in [5.41, 5.74) is 0. The Labute approximate surface area is 47.5 Å². The minimum atomic E-state index is 0.648. The molecule has 0 heterocycles. The molecule has 0 aliphatic carbocycles. The highest BCUT2D eigenvalue weighted by Crippen LogP contribution is 1.69. The predicted molar refractivity (Wildman–Crippen MR) is 30.4 cm³/mol. The largest absolute Gasteiger partial charge is 0.299 e. The maximum Gasteiger partial charge on any atom is 0.142 e. The van der Waals surface area contributed by atoms with Crippen LogP contribution in [0.4, 0.5) is 0 Å². The number of hydrogen-bond acceptors (Lipinski definition) is 2. The number of rotatable bonds is 3. The van der Waals surface area contributed by atoms with Gasteiger partial charge in [-0.05, 0) is 12.2 Å². The van der Waals surface area contributed by atoms with Crippen LogP contribution in [0.25, 0.3) is 0 Å². The lowest BCUT2D eigenvalue weighted by molar-refractivity contribution is -0.104. The smallest absolute Gasteiger partial charge is 0.142 e. The summed E-state index contributed by atoms with van der Waals surface area (Å²) in [6.07, 6.45) is 6.88. The number of carbonyl (C=O) groups excluding carboxylic acids is 2. The van der Waals surface area contributed by atoms with E-state index >= 15 is 0 Å². The van der Waals surface area contributed by atoms with E-state index in [9.17, 15) is 9.59 Å². The van der Waals surface area contributed by atoms with Gasteiger partial charge in [-0.3, -0.25) is 9.59 Å². The third-order valence-electron chi connectivity index (χ3n) is 0.490. The Morgan fingerprint density at radius 3 is 1.25 bits per heavy atom. The molecule has 0 amide bonds. The first-order chi connectivity index (χ1) is 3.91. The van der Waals surface area contributed by atoms with Gasteiger partial charge in [0.15, 0.2) is 0 Å². The molecule has 0 saturated heterocycles. The highest BCUT2D eigenvalue weighted by Gasteiger charge is 1.60. The molecule has 0 aliphatic rings. The maximum absolute atomic E-state index is 9.56. The molecule has 0 saturated carbocycles. The second kappa shape index (κ2) is 5.82. The van der Waals surface area contributed by atoms with Crippen LogP contribution in [0.2, 0.25) is 0 Å². The van der Waals surface area contributed by atoms with Crippen LogP contribution in [0.5, 0.6) is 0 Å². The minimum absolute atomic E-state index is 0.648. The van der Waals surface area contributed by atoms with Gasteiger partial charge in [0.1, 0.15) is 12.6 Å². The quantitative estimate of drug-likeness (QED) is 0.301. The summed E-state index contributed by atoms with van der Waals surface area (Å²) >= 11 is 0. The molecule has 8 heavy (non-hydrogen) atoms. The molecule has 2 heteroatoms. The van der Waals surface area contributed by atoms with Crippen LogP contribution in [0.1, 0.15) is 0 Å². The van der Waals surface area contributed by atoms with Crippen LogP contribution in [0.3, 0.4) is 0 Å². The molecule has 0 rings (SSSR count). The van der Waals surface area contributed by atoms with Crippen molar-refractivity contribution < 1.29 is 9.59 Å². The van der Waals surface area contributed by atoms with Crippen LogP contribution in [-0.4, -0.2) is 12.6 Å². The third kappa shape index (κ3) is 4.82. The standard InChI is InChI=1S/C6H6O2/c7-5-3-1-2-4-6-8/h1-6H/b3-1-,4-2+. The number of hydrogen-bond donors (Lipinski definition) is 0. The first-order valence-corrected chi connectivity index (χ1v) is 2.14. The molecule has 0 atom stereocenters. The van der Waals surface area contributed by atoms with Crippen molar-refractivity contribution >= 4 is 12.6 Å². The average Bonchev–Trinajstić information content (AvgIpc) is 1.81. The molecule has 0 aromatic carbocycles. The molecule has 0 fully saturated rings. The molecule has 0 bridgehead atoms. The van der Waals surface area contributed by atoms with Gasteiger partial charge in [0, 0.05) is 0 Å². The van der Waals surface area contributed by atoms with E-state index in [1.165, 1.54) is 24.3 Å². The fourth-order valence-corrected chi connectivity index (χ4v) is 0.219. The summed E-state index contributed by atoms with van der Waals surface area (Å²) in [6, 6.07) is 0. The van der Waals surface area contributed by atoms with Crippen molar-refractivity contribution in [3.8, 4) is 0 Å². The van der Waals surface area contributed by atoms with Gasteiger partial charge in [-0.2, -0.15) is 0 Å². The van der Waals surface area contributed by atoms with E-state index in [4.69, 9.17) is 0 Å². The van der Waals surface area contributed by atoms with Crippen LogP contribution in [0, 0.1) is 0 Å². The Morgan fingerprint density at radius 1 is 0.625 bits per heavy atom. The molecule has 0 spiro atoms. The van der Waals surface area contributed by atoms with Crippen molar-refractivity contribution in [1.82, 2.24) is 0 Å². The minimum Gasteiger partial charge on any atom is -0.299 e. The normalized spacial score (nSPS) is 10.5. The Bertz CT molecular complexity index is 106. The highest BCUT2D eigenvalue weighted by atomic mass is 16.1. The molecule has 0 aromatic heterocycles.